The summed E-state index contributed by atoms with van der Waals surface area (Å²) in [6.07, 6.45) is 1.46. The van der Waals surface area contributed by atoms with Crippen LogP contribution in [0.2, 0.25) is 5.02 Å². The highest BCUT2D eigenvalue weighted by Crippen LogP contribution is 2.09. The molecule has 0 spiro atoms. The first-order valence-electron chi connectivity index (χ1n) is 4.42. The number of hydrogen-bond acceptors (Lipinski definition) is 3. The molecule has 5 nitrogen and oxygen atoms in total. The maximum absolute atomic E-state index is 11.4. The molecule has 0 saturated heterocycles. The van der Waals surface area contributed by atoms with Crippen molar-refractivity contribution >= 4 is 23.4 Å². The fourth-order valence-electron chi connectivity index (χ4n) is 0.890. The largest absolute Gasteiger partial charge is 0.346 e. The topological polar surface area (TPSA) is 54.5 Å². The Morgan fingerprint density at radius 2 is 2.40 bits per heavy atom. The summed E-state index contributed by atoms with van der Waals surface area (Å²) in [4.78, 5) is 20.3. The molecule has 0 aliphatic heterocycles. The number of nitrogens with one attached hydrogen (secondary N) is 1. The van der Waals surface area contributed by atoms with E-state index in [1.807, 2.05) is 0 Å². The third-order valence-electron chi connectivity index (χ3n) is 1.57. The minimum Gasteiger partial charge on any atom is -0.290 e. The normalized spacial score (nSPS) is 9.80. The fraction of sp³-hybridized carbons (Fsp3) is 0.333. The molecule has 1 aromatic heterocycles. The van der Waals surface area contributed by atoms with Crippen molar-refractivity contribution in [3.63, 3.8) is 0 Å². The quantitative estimate of drug-likeness (QED) is 0.808. The highest BCUT2D eigenvalue weighted by Gasteiger charge is 2.08. The molecule has 15 heavy (non-hydrogen) atoms. The molecule has 0 radical (unpaired) electrons. The fourth-order valence-corrected chi connectivity index (χ4v) is 1.00. The number of carbonyl (C=O) groups is 1. The Morgan fingerprint density at radius 3 is 2.93 bits per heavy atom. The van der Waals surface area contributed by atoms with Gasteiger partial charge in [-0.15, -0.1) is 0 Å². The molecule has 0 fully saturated rings. The molecule has 1 aromatic rings. The molecule has 1 heterocycles. The van der Waals surface area contributed by atoms with Gasteiger partial charge in [0.1, 0.15) is 5.82 Å². The molecule has 0 bridgehead atoms. The van der Waals surface area contributed by atoms with Crippen LogP contribution >= 0.6 is 11.6 Å². The Hall–Kier alpha value is -1.33. The number of nitrogens with zero attached hydrogens (tertiary/aromatic N) is 2. The SMILES string of the molecule is CCON(C)C(=O)Nc1ccc(Cl)cn1. The maximum atomic E-state index is 11.4. The van der Waals surface area contributed by atoms with Crippen molar-refractivity contribution in [2.45, 2.75) is 6.92 Å². The average Bonchev–Trinajstić information content (AvgIpc) is 2.22. The Labute approximate surface area is 93.0 Å². The molecular weight excluding hydrogens is 218 g/mol. The smallest absolute Gasteiger partial charge is 0.290 e. The minimum absolute atomic E-state index is 0.383. The Bertz CT molecular complexity index is 329. The zero-order valence-corrected chi connectivity index (χ0v) is 9.28. The Balaban J connectivity index is 2.54. The summed E-state index contributed by atoms with van der Waals surface area (Å²) in [5, 5.41) is 4.17. The summed E-state index contributed by atoms with van der Waals surface area (Å²) in [7, 11) is 1.52. The molecule has 82 valence electrons. The van der Waals surface area contributed by atoms with Crippen LogP contribution in [-0.4, -0.2) is 29.7 Å². The molecule has 0 aliphatic rings. The van der Waals surface area contributed by atoms with Gasteiger partial charge in [-0.2, -0.15) is 0 Å². The summed E-state index contributed by atoms with van der Waals surface area (Å²) >= 11 is 5.65. The first-order chi connectivity index (χ1) is 7.13. The van der Waals surface area contributed by atoms with Crippen LogP contribution in [-0.2, 0) is 4.84 Å². The van der Waals surface area contributed by atoms with Gasteiger partial charge in [-0.25, -0.2) is 14.8 Å². The Kier molecular flexibility index (Phi) is 4.33. The van der Waals surface area contributed by atoms with Crippen LogP contribution in [0.3, 0.4) is 0 Å². The number of carbonyl (C=O) groups excluding carboxylic acids is 1. The van der Waals surface area contributed by atoms with Crippen molar-refractivity contribution in [3.05, 3.63) is 23.4 Å². The third kappa shape index (κ3) is 3.73. The van der Waals surface area contributed by atoms with Crippen LogP contribution in [0.5, 0.6) is 0 Å². The second kappa shape index (κ2) is 5.53. The lowest BCUT2D eigenvalue weighted by atomic mass is 10.4. The first-order valence-corrected chi connectivity index (χ1v) is 4.80. The van der Waals surface area contributed by atoms with Crippen LogP contribution in [0.4, 0.5) is 10.6 Å². The van der Waals surface area contributed by atoms with E-state index < -0.39 is 0 Å². The predicted molar refractivity (Wildman–Crippen MR) is 57.7 cm³/mol. The van der Waals surface area contributed by atoms with Gasteiger partial charge in [0.25, 0.3) is 0 Å². The van der Waals surface area contributed by atoms with E-state index in [1.54, 1.807) is 19.1 Å². The second-order valence-corrected chi connectivity index (χ2v) is 3.14. The standard InChI is InChI=1S/C9H12ClN3O2/c1-3-15-13(2)9(14)12-8-5-4-7(10)6-11-8/h4-6H,3H2,1-2H3,(H,11,12,14). The van der Waals surface area contributed by atoms with Gasteiger partial charge in [0, 0.05) is 13.2 Å². The van der Waals surface area contributed by atoms with E-state index in [2.05, 4.69) is 10.3 Å². The van der Waals surface area contributed by atoms with Crippen LogP contribution in [0.25, 0.3) is 0 Å². The van der Waals surface area contributed by atoms with Crippen molar-refractivity contribution in [1.29, 1.82) is 0 Å². The van der Waals surface area contributed by atoms with Gasteiger partial charge in [-0.1, -0.05) is 11.6 Å². The van der Waals surface area contributed by atoms with Gasteiger partial charge in [0.05, 0.1) is 11.6 Å². The van der Waals surface area contributed by atoms with E-state index in [0.717, 1.165) is 5.06 Å². The predicted octanol–water partition coefficient (Wildman–Crippen LogP) is 2.15. The number of halogens is 1. The molecule has 6 heteroatoms. The third-order valence-corrected chi connectivity index (χ3v) is 1.79. The lowest BCUT2D eigenvalue weighted by Crippen LogP contribution is -2.31. The number of hydroxylamine groups is 2. The monoisotopic (exact) mass is 229 g/mol. The lowest BCUT2D eigenvalue weighted by Gasteiger charge is -2.15. The van der Waals surface area contributed by atoms with Crippen LogP contribution < -0.4 is 5.32 Å². The van der Waals surface area contributed by atoms with E-state index >= 15 is 0 Å². The van der Waals surface area contributed by atoms with E-state index in [4.69, 9.17) is 16.4 Å². The summed E-state index contributed by atoms with van der Waals surface area (Å²) in [5.41, 5.74) is 0. The van der Waals surface area contributed by atoms with Crippen molar-refractivity contribution in [2.24, 2.45) is 0 Å². The van der Waals surface area contributed by atoms with Gasteiger partial charge < -0.3 is 0 Å². The molecule has 0 saturated carbocycles. The van der Waals surface area contributed by atoms with Crippen molar-refractivity contribution in [2.75, 3.05) is 19.0 Å². The molecule has 0 unspecified atom stereocenters. The van der Waals surface area contributed by atoms with Gasteiger partial charge in [0.15, 0.2) is 0 Å². The number of amides is 2. The number of pyridine rings is 1. The molecular formula is C9H12ClN3O2. The summed E-state index contributed by atoms with van der Waals surface area (Å²) in [6, 6.07) is 2.87. The number of hydrogen-bond donors (Lipinski definition) is 1. The zero-order valence-electron chi connectivity index (χ0n) is 8.53. The summed E-state index contributed by atoms with van der Waals surface area (Å²) in [6.45, 7) is 2.22. The summed E-state index contributed by atoms with van der Waals surface area (Å²) in [5.74, 6) is 0.427. The van der Waals surface area contributed by atoms with Crippen molar-refractivity contribution in [3.8, 4) is 0 Å². The number of anilines is 1. The first kappa shape index (κ1) is 11.7. The highest BCUT2D eigenvalue weighted by atomic mass is 35.5. The molecule has 1 N–H and O–H groups in total. The van der Waals surface area contributed by atoms with Gasteiger partial charge in [-0.3, -0.25) is 10.2 Å². The second-order valence-electron chi connectivity index (χ2n) is 2.71. The van der Waals surface area contributed by atoms with E-state index in [-0.39, 0.29) is 6.03 Å². The molecule has 2 amide bonds. The van der Waals surface area contributed by atoms with E-state index in [1.165, 1.54) is 13.2 Å². The minimum atomic E-state index is -0.383. The number of urea groups is 1. The zero-order chi connectivity index (χ0) is 11.3. The highest BCUT2D eigenvalue weighted by molar-refractivity contribution is 6.30. The van der Waals surface area contributed by atoms with Crippen LogP contribution in [0.1, 0.15) is 6.92 Å². The van der Waals surface area contributed by atoms with Crippen LogP contribution in [0, 0.1) is 0 Å². The number of aromatic nitrogens is 1. The van der Waals surface area contributed by atoms with Crippen molar-refractivity contribution in [1.82, 2.24) is 10.0 Å². The summed E-state index contributed by atoms with van der Waals surface area (Å²) < 4.78 is 0. The number of rotatable bonds is 3. The van der Waals surface area contributed by atoms with E-state index in [0.29, 0.717) is 17.4 Å². The Morgan fingerprint density at radius 1 is 1.67 bits per heavy atom. The van der Waals surface area contributed by atoms with Gasteiger partial charge in [-0.05, 0) is 19.1 Å². The molecule has 0 aromatic carbocycles. The van der Waals surface area contributed by atoms with Gasteiger partial charge >= 0.3 is 6.03 Å². The molecule has 1 rings (SSSR count). The average molecular weight is 230 g/mol. The van der Waals surface area contributed by atoms with E-state index in [9.17, 15) is 4.79 Å². The van der Waals surface area contributed by atoms with Crippen molar-refractivity contribution < 1.29 is 9.63 Å². The molecule has 0 aliphatic carbocycles. The maximum Gasteiger partial charge on any atom is 0.346 e. The van der Waals surface area contributed by atoms with Gasteiger partial charge in [0.2, 0.25) is 0 Å². The lowest BCUT2D eigenvalue weighted by molar-refractivity contribution is -0.0879. The van der Waals surface area contributed by atoms with Crippen LogP contribution in [0.15, 0.2) is 18.3 Å². The molecule has 0 atom stereocenters.